The van der Waals surface area contributed by atoms with E-state index in [0.29, 0.717) is 36.4 Å². The van der Waals surface area contributed by atoms with Gasteiger partial charge in [-0.15, -0.1) is 0 Å². The number of likely N-dealkylation sites (tertiary alicyclic amines) is 1. The number of aliphatic carboxylic acids is 1. The molecule has 2 aromatic rings. The molecular weight excluding hydrogens is 360 g/mol. The number of nitrogens with one attached hydrogen (secondary N) is 1. The lowest BCUT2D eigenvalue weighted by atomic mass is 10.2. The van der Waals surface area contributed by atoms with Gasteiger partial charge in [0.1, 0.15) is 17.5 Å². The van der Waals surface area contributed by atoms with E-state index in [2.05, 4.69) is 5.32 Å². The summed E-state index contributed by atoms with van der Waals surface area (Å²) >= 11 is 0. The number of hydrogen-bond donors (Lipinski definition) is 2. The minimum atomic E-state index is -1.01. The first kappa shape index (κ1) is 19.4. The van der Waals surface area contributed by atoms with Gasteiger partial charge in [-0.25, -0.2) is 4.79 Å². The lowest BCUT2D eigenvalue weighted by Crippen LogP contribution is -2.45. The maximum absolute atomic E-state index is 12.2. The summed E-state index contributed by atoms with van der Waals surface area (Å²) in [7, 11) is 0. The topological polar surface area (TPSA) is 95.9 Å². The Labute approximate surface area is 162 Å². The molecule has 2 aromatic carbocycles. The molecule has 0 radical (unpaired) electrons. The van der Waals surface area contributed by atoms with Crippen LogP contribution in [0, 0.1) is 6.92 Å². The summed E-state index contributed by atoms with van der Waals surface area (Å²) in [5, 5.41) is 11.7. The Balaban J connectivity index is 1.53. The Kier molecular flexibility index (Phi) is 5.93. The van der Waals surface area contributed by atoms with Crippen LogP contribution in [0.25, 0.3) is 0 Å². The number of aryl methyl sites for hydroxylation is 1. The Morgan fingerprint density at radius 2 is 1.68 bits per heavy atom. The zero-order chi connectivity index (χ0) is 20.1. The molecule has 1 aliphatic rings. The van der Waals surface area contributed by atoms with Gasteiger partial charge in [0.05, 0.1) is 6.54 Å². The molecule has 1 atom stereocenters. The lowest BCUT2D eigenvalue weighted by molar-refractivity contribution is -0.147. The average Bonchev–Trinajstić information content (AvgIpc) is 3.18. The molecule has 0 spiro atoms. The van der Waals surface area contributed by atoms with E-state index in [9.17, 15) is 14.4 Å². The first-order valence-electron chi connectivity index (χ1n) is 9.09. The van der Waals surface area contributed by atoms with Gasteiger partial charge in [0.25, 0.3) is 5.91 Å². The van der Waals surface area contributed by atoms with Crippen LogP contribution in [0.15, 0.2) is 48.5 Å². The number of hydrogen-bond acceptors (Lipinski definition) is 4. The number of benzene rings is 2. The van der Waals surface area contributed by atoms with Gasteiger partial charge in [0.15, 0.2) is 0 Å². The highest BCUT2D eigenvalue weighted by molar-refractivity contribution is 5.97. The molecule has 0 saturated carbocycles. The first-order chi connectivity index (χ1) is 13.4. The molecular formula is C21H22N2O5. The predicted molar refractivity (Wildman–Crippen MR) is 102 cm³/mol. The van der Waals surface area contributed by atoms with Gasteiger partial charge in [0, 0.05) is 12.1 Å². The third-order valence-electron chi connectivity index (χ3n) is 4.63. The molecule has 3 rings (SSSR count). The van der Waals surface area contributed by atoms with Crippen molar-refractivity contribution < 1.29 is 24.2 Å². The maximum Gasteiger partial charge on any atom is 0.326 e. The summed E-state index contributed by atoms with van der Waals surface area (Å²) in [6.45, 7) is 2.16. The number of carboxylic acid groups (broad SMARTS) is 1. The van der Waals surface area contributed by atoms with E-state index in [0.717, 1.165) is 5.56 Å². The van der Waals surface area contributed by atoms with Crippen molar-refractivity contribution in [1.29, 1.82) is 0 Å². The molecule has 0 bridgehead atoms. The third-order valence-corrected chi connectivity index (χ3v) is 4.63. The van der Waals surface area contributed by atoms with Crippen LogP contribution >= 0.6 is 0 Å². The fourth-order valence-electron chi connectivity index (χ4n) is 3.10. The number of carboxylic acids is 1. The summed E-state index contributed by atoms with van der Waals surface area (Å²) in [6.07, 6.45) is 1.09. The van der Waals surface area contributed by atoms with Crippen molar-refractivity contribution in [1.82, 2.24) is 10.2 Å². The molecule has 1 heterocycles. The van der Waals surface area contributed by atoms with Gasteiger partial charge >= 0.3 is 5.97 Å². The van der Waals surface area contributed by atoms with Crippen LogP contribution < -0.4 is 10.1 Å². The van der Waals surface area contributed by atoms with E-state index in [4.69, 9.17) is 9.84 Å². The van der Waals surface area contributed by atoms with Gasteiger partial charge in [-0.1, -0.05) is 17.7 Å². The second-order valence-corrected chi connectivity index (χ2v) is 6.71. The van der Waals surface area contributed by atoms with Crippen molar-refractivity contribution in [2.24, 2.45) is 0 Å². The maximum atomic E-state index is 12.2. The second-order valence-electron chi connectivity index (χ2n) is 6.71. The van der Waals surface area contributed by atoms with Gasteiger partial charge in [-0.3, -0.25) is 9.59 Å². The monoisotopic (exact) mass is 382 g/mol. The van der Waals surface area contributed by atoms with Crippen molar-refractivity contribution in [3.8, 4) is 11.5 Å². The highest BCUT2D eigenvalue weighted by Gasteiger charge is 2.33. The van der Waals surface area contributed by atoms with Crippen molar-refractivity contribution in [3.63, 3.8) is 0 Å². The summed E-state index contributed by atoms with van der Waals surface area (Å²) < 4.78 is 5.72. The highest BCUT2D eigenvalue weighted by atomic mass is 16.5. The molecule has 0 aliphatic carbocycles. The number of amides is 2. The number of ether oxygens (including phenoxy) is 1. The normalized spacial score (nSPS) is 15.9. The van der Waals surface area contributed by atoms with E-state index < -0.39 is 23.8 Å². The van der Waals surface area contributed by atoms with Crippen LogP contribution in [0.2, 0.25) is 0 Å². The van der Waals surface area contributed by atoms with Crippen molar-refractivity contribution in [3.05, 3.63) is 59.7 Å². The van der Waals surface area contributed by atoms with Crippen LogP contribution in [0.5, 0.6) is 11.5 Å². The molecule has 1 saturated heterocycles. The van der Waals surface area contributed by atoms with Crippen molar-refractivity contribution >= 4 is 17.8 Å². The lowest BCUT2D eigenvalue weighted by Gasteiger charge is -2.21. The summed E-state index contributed by atoms with van der Waals surface area (Å²) in [6, 6.07) is 13.4. The van der Waals surface area contributed by atoms with Crippen LogP contribution in [0.4, 0.5) is 0 Å². The number of rotatable bonds is 6. The van der Waals surface area contributed by atoms with Gasteiger partial charge in [0.2, 0.25) is 5.91 Å². The largest absolute Gasteiger partial charge is 0.480 e. The highest BCUT2D eigenvalue weighted by Crippen LogP contribution is 2.22. The average molecular weight is 382 g/mol. The fraction of sp³-hybridized carbons (Fsp3) is 0.286. The minimum absolute atomic E-state index is 0.232. The molecule has 146 valence electrons. The van der Waals surface area contributed by atoms with E-state index >= 15 is 0 Å². The summed E-state index contributed by atoms with van der Waals surface area (Å²) in [5.74, 6) is -0.509. The molecule has 28 heavy (non-hydrogen) atoms. The first-order valence-corrected chi connectivity index (χ1v) is 9.09. The zero-order valence-electron chi connectivity index (χ0n) is 15.6. The molecule has 7 heteroatoms. The fourth-order valence-corrected chi connectivity index (χ4v) is 3.10. The summed E-state index contributed by atoms with van der Waals surface area (Å²) in [4.78, 5) is 36.9. The van der Waals surface area contributed by atoms with E-state index in [-0.39, 0.29) is 6.54 Å². The SMILES string of the molecule is Cc1ccc(Oc2ccc(C(=O)NCC(=O)N3CCCC3C(=O)O)cc2)cc1. The Morgan fingerprint density at radius 3 is 2.29 bits per heavy atom. The Morgan fingerprint density at radius 1 is 1.07 bits per heavy atom. The van der Waals surface area contributed by atoms with Crippen LogP contribution in [0.1, 0.15) is 28.8 Å². The van der Waals surface area contributed by atoms with Gasteiger partial charge in [-0.2, -0.15) is 0 Å². The van der Waals surface area contributed by atoms with Crippen molar-refractivity contribution in [2.75, 3.05) is 13.1 Å². The number of carbonyl (C=O) groups excluding carboxylic acids is 2. The molecule has 1 fully saturated rings. The van der Waals surface area contributed by atoms with E-state index in [1.165, 1.54) is 4.90 Å². The second kappa shape index (κ2) is 8.56. The smallest absolute Gasteiger partial charge is 0.326 e. The zero-order valence-corrected chi connectivity index (χ0v) is 15.6. The molecule has 1 unspecified atom stereocenters. The molecule has 2 N–H and O–H groups in total. The standard InChI is InChI=1S/C21H22N2O5/c1-14-4-8-16(9-5-14)28-17-10-6-15(7-11-17)20(25)22-13-19(24)23-12-2-3-18(23)21(26)27/h4-11,18H,2-3,12-13H2,1H3,(H,22,25)(H,26,27). The predicted octanol–water partition coefficient (Wildman–Crippen LogP) is 2.59. The minimum Gasteiger partial charge on any atom is -0.480 e. The van der Waals surface area contributed by atoms with Crippen LogP contribution in [0.3, 0.4) is 0 Å². The van der Waals surface area contributed by atoms with Crippen LogP contribution in [-0.4, -0.2) is 46.9 Å². The molecule has 0 aromatic heterocycles. The quantitative estimate of drug-likeness (QED) is 0.801. The molecule has 7 nitrogen and oxygen atoms in total. The van der Waals surface area contributed by atoms with Crippen LogP contribution in [-0.2, 0) is 9.59 Å². The Bertz CT molecular complexity index is 861. The van der Waals surface area contributed by atoms with E-state index in [1.807, 2.05) is 31.2 Å². The van der Waals surface area contributed by atoms with Crippen molar-refractivity contribution in [2.45, 2.75) is 25.8 Å². The number of carbonyl (C=O) groups is 3. The summed E-state index contributed by atoms with van der Waals surface area (Å²) in [5.41, 5.74) is 1.53. The molecule has 2 amide bonds. The third kappa shape index (κ3) is 4.68. The molecule has 1 aliphatic heterocycles. The van der Waals surface area contributed by atoms with Gasteiger partial charge in [-0.05, 0) is 56.2 Å². The van der Waals surface area contributed by atoms with E-state index in [1.54, 1.807) is 24.3 Å². The Hall–Kier alpha value is -3.35. The number of nitrogens with zero attached hydrogens (tertiary/aromatic N) is 1. The van der Waals surface area contributed by atoms with Gasteiger partial charge < -0.3 is 20.1 Å².